The Morgan fingerprint density at radius 2 is 2.20 bits per heavy atom. The van der Waals surface area contributed by atoms with Crippen molar-refractivity contribution in [3.8, 4) is 6.07 Å². The lowest BCUT2D eigenvalue weighted by atomic mass is 10.1. The van der Waals surface area contributed by atoms with Crippen molar-refractivity contribution in [2.45, 2.75) is 40.2 Å². The van der Waals surface area contributed by atoms with Crippen molar-refractivity contribution in [1.82, 2.24) is 14.9 Å². The Hall–Kier alpha value is -2.87. The van der Waals surface area contributed by atoms with E-state index in [9.17, 15) is 10.1 Å². The Balaban J connectivity index is 2.05. The Labute approximate surface area is 149 Å². The van der Waals surface area contributed by atoms with E-state index in [2.05, 4.69) is 21.8 Å². The standard InChI is InChI=1S/C20H24N4O/c1-4-11-24-15(2)12-17(16(24)3)13-18(14-21)20(25)23-10-8-19-7-5-6-9-22-19/h5-7,9,12-13H,4,8,10-11H2,1-3H3,(H,23,25)/b18-13+. The van der Waals surface area contributed by atoms with Crippen molar-refractivity contribution in [1.29, 1.82) is 5.26 Å². The first-order valence-electron chi connectivity index (χ1n) is 8.53. The molecule has 2 aromatic rings. The Kier molecular flexibility index (Phi) is 6.53. The minimum Gasteiger partial charge on any atom is -0.351 e. The maximum absolute atomic E-state index is 12.3. The largest absolute Gasteiger partial charge is 0.351 e. The monoisotopic (exact) mass is 336 g/mol. The van der Waals surface area contributed by atoms with Gasteiger partial charge in [0.15, 0.2) is 0 Å². The number of aromatic nitrogens is 2. The predicted molar refractivity (Wildman–Crippen MR) is 98.7 cm³/mol. The SMILES string of the molecule is CCCn1c(C)cc(/C=C(\C#N)C(=O)NCCc2ccccn2)c1C. The van der Waals surface area contributed by atoms with E-state index in [1.165, 1.54) is 0 Å². The third-order valence-corrected chi connectivity index (χ3v) is 4.12. The third kappa shape index (κ3) is 4.80. The fourth-order valence-electron chi connectivity index (χ4n) is 2.79. The molecule has 2 aromatic heterocycles. The van der Waals surface area contributed by atoms with Crippen LogP contribution in [-0.4, -0.2) is 22.0 Å². The van der Waals surface area contributed by atoms with E-state index < -0.39 is 0 Å². The number of amides is 1. The van der Waals surface area contributed by atoms with Crippen LogP contribution in [0, 0.1) is 25.2 Å². The van der Waals surface area contributed by atoms with E-state index in [-0.39, 0.29) is 11.5 Å². The molecular formula is C20H24N4O. The van der Waals surface area contributed by atoms with E-state index in [1.807, 2.05) is 44.2 Å². The molecule has 1 amide bonds. The first kappa shape index (κ1) is 18.5. The second kappa shape index (κ2) is 8.84. The molecule has 25 heavy (non-hydrogen) atoms. The van der Waals surface area contributed by atoms with Crippen LogP contribution >= 0.6 is 0 Å². The first-order valence-corrected chi connectivity index (χ1v) is 8.53. The minimum absolute atomic E-state index is 0.123. The topological polar surface area (TPSA) is 70.7 Å². The number of hydrogen-bond donors (Lipinski definition) is 1. The third-order valence-electron chi connectivity index (χ3n) is 4.12. The molecular weight excluding hydrogens is 312 g/mol. The average molecular weight is 336 g/mol. The predicted octanol–water partition coefficient (Wildman–Crippen LogP) is 3.18. The summed E-state index contributed by atoms with van der Waals surface area (Å²) in [5.41, 5.74) is 4.17. The second-order valence-corrected chi connectivity index (χ2v) is 5.97. The van der Waals surface area contributed by atoms with Gasteiger partial charge in [0, 0.05) is 42.8 Å². The van der Waals surface area contributed by atoms with Gasteiger partial charge in [0.2, 0.25) is 0 Å². The summed E-state index contributed by atoms with van der Waals surface area (Å²) in [6, 6.07) is 9.71. The van der Waals surface area contributed by atoms with E-state index in [0.29, 0.717) is 13.0 Å². The molecule has 0 atom stereocenters. The fourth-order valence-corrected chi connectivity index (χ4v) is 2.79. The highest BCUT2D eigenvalue weighted by Crippen LogP contribution is 2.18. The van der Waals surface area contributed by atoms with Gasteiger partial charge in [-0.3, -0.25) is 9.78 Å². The molecule has 1 N–H and O–H groups in total. The number of nitrogens with zero attached hydrogens (tertiary/aromatic N) is 3. The van der Waals surface area contributed by atoms with Crippen LogP contribution in [0.5, 0.6) is 0 Å². The number of carbonyl (C=O) groups excluding carboxylic acids is 1. The van der Waals surface area contributed by atoms with Gasteiger partial charge >= 0.3 is 0 Å². The van der Waals surface area contributed by atoms with Crippen molar-refractivity contribution in [3.63, 3.8) is 0 Å². The van der Waals surface area contributed by atoms with Gasteiger partial charge in [-0.15, -0.1) is 0 Å². The molecule has 0 aliphatic rings. The van der Waals surface area contributed by atoms with E-state index in [1.54, 1.807) is 12.3 Å². The number of hydrogen-bond acceptors (Lipinski definition) is 3. The summed E-state index contributed by atoms with van der Waals surface area (Å²) >= 11 is 0. The van der Waals surface area contributed by atoms with Crippen LogP contribution in [-0.2, 0) is 17.8 Å². The van der Waals surface area contributed by atoms with Crippen LogP contribution in [0.3, 0.4) is 0 Å². The van der Waals surface area contributed by atoms with Gasteiger partial charge in [-0.25, -0.2) is 0 Å². The van der Waals surface area contributed by atoms with Crippen LogP contribution in [0.1, 0.15) is 36.0 Å². The number of nitriles is 1. The van der Waals surface area contributed by atoms with Crippen LogP contribution in [0.25, 0.3) is 6.08 Å². The Morgan fingerprint density at radius 1 is 1.40 bits per heavy atom. The van der Waals surface area contributed by atoms with Gasteiger partial charge in [-0.2, -0.15) is 5.26 Å². The van der Waals surface area contributed by atoms with Crippen molar-refractivity contribution < 1.29 is 4.79 Å². The number of nitrogens with one attached hydrogen (secondary N) is 1. The molecule has 0 fully saturated rings. The second-order valence-electron chi connectivity index (χ2n) is 5.97. The quantitative estimate of drug-likeness (QED) is 0.623. The zero-order valence-corrected chi connectivity index (χ0v) is 15.0. The van der Waals surface area contributed by atoms with Crippen molar-refractivity contribution >= 4 is 12.0 Å². The first-order chi connectivity index (χ1) is 12.1. The number of carbonyl (C=O) groups is 1. The summed E-state index contributed by atoms with van der Waals surface area (Å²) in [4.78, 5) is 16.5. The van der Waals surface area contributed by atoms with Gasteiger partial charge in [0.25, 0.3) is 5.91 Å². The summed E-state index contributed by atoms with van der Waals surface area (Å²) in [7, 11) is 0. The van der Waals surface area contributed by atoms with Gasteiger partial charge in [-0.1, -0.05) is 13.0 Å². The lowest BCUT2D eigenvalue weighted by molar-refractivity contribution is -0.117. The molecule has 0 spiro atoms. The maximum Gasteiger partial charge on any atom is 0.261 e. The molecule has 0 aliphatic carbocycles. The zero-order valence-electron chi connectivity index (χ0n) is 15.0. The molecule has 0 aliphatic heterocycles. The maximum atomic E-state index is 12.3. The van der Waals surface area contributed by atoms with Gasteiger partial charge in [-0.05, 0) is 50.1 Å². The normalized spacial score (nSPS) is 11.2. The van der Waals surface area contributed by atoms with E-state index in [0.717, 1.165) is 35.6 Å². The fraction of sp³-hybridized carbons (Fsp3) is 0.350. The molecule has 2 heterocycles. The average Bonchev–Trinajstić information content (AvgIpc) is 2.88. The number of rotatable bonds is 7. The minimum atomic E-state index is -0.348. The Bertz CT molecular complexity index is 797. The van der Waals surface area contributed by atoms with Crippen molar-refractivity contribution in [3.05, 3.63) is 58.7 Å². The highest BCUT2D eigenvalue weighted by molar-refractivity contribution is 6.01. The van der Waals surface area contributed by atoms with Gasteiger partial charge in [0.1, 0.15) is 11.6 Å². The van der Waals surface area contributed by atoms with Crippen LogP contribution < -0.4 is 5.32 Å². The molecule has 0 aromatic carbocycles. The summed E-state index contributed by atoms with van der Waals surface area (Å²) in [5.74, 6) is -0.348. The van der Waals surface area contributed by atoms with Gasteiger partial charge in [0.05, 0.1) is 0 Å². The Morgan fingerprint density at radius 3 is 2.84 bits per heavy atom. The highest BCUT2D eigenvalue weighted by Gasteiger charge is 2.12. The van der Waals surface area contributed by atoms with Crippen LogP contribution in [0.4, 0.5) is 0 Å². The van der Waals surface area contributed by atoms with E-state index in [4.69, 9.17) is 0 Å². The van der Waals surface area contributed by atoms with E-state index >= 15 is 0 Å². The molecule has 0 bridgehead atoms. The summed E-state index contributed by atoms with van der Waals surface area (Å²) in [6.45, 7) is 7.57. The molecule has 2 rings (SSSR count). The van der Waals surface area contributed by atoms with Crippen LogP contribution in [0.2, 0.25) is 0 Å². The number of aryl methyl sites for hydroxylation is 1. The molecule has 0 unspecified atom stereocenters. The lowest BCUT2D eigenvalue weighted by Gasteiger charge is -2.07. The molecule has 0 radical (unpaired) electrons. The molecule has 5 heteroatoms. The molecule has 5 nitrogen and oxygen atoms in total. The molecule has 0 saturated heterocycles. The van der Waals surface area contributed by atoms with Crippen molar-refractivity contribution in [2.24, 2.45) is 0 Å². The number of pyridine rings is 1. The zero-order chi connectivity index (χ0) is 18.2. The molecule has 0 saturated carbocycles. The smallest absolute Gasteiger partial charge is 0.261 e. The highest BCUT2D eigenvalue weighted by atomic mass is 16.1. The van der Waals surface area contributed by atoms with Crippen LogP contribution in [0.15, 0.2) is 36.0 Å². The van der Waals surface area contributed by atoms with Crippen molar-refractivity contribution in [2.75, 3.05) is 6.54 Å². The summed E-state index contributed by atoms with van der Waals surface area (Å²) in [6.07, 6.45) is 5.07. The summed E-state index contributed by atoms with van der Waals surface area (Å²) in [5, 5.41) is 12.1. The lowest BCUT2D eigenvalue weighted by Crippen LogP contribution is -2.26. The molecule has 130 valence electrons. The summed E-state index contributed by atoms with van der Waals surface area (Å²) < 4.78 is 2.21. The van der Waals surface area contributed by atoms with Gasteiger partial charge < -0.3 is 9.88 Å².